The van der Waals surface area contributed by atoms with Crippen LogP contribution in [-0.2, 0) is 6.42 Å². The quantitative estimate of drug-likeness (QED) is 0.812. The summed E-state index contributed by atoms with van der Waals surface area (Å²) in [5.74, 6) is 0. The minimum Gasteiger partial charge on any atom is -0.330 e. The minimum absolute atomic E-state index is 0.688. The van der Waals surface area contributed by atoms with E-state index in [9.17, 15) is 0 Å². The molecule has 0 fully saturated rings. The molecule has 68 valence electrons. The van der Waals surface area contributed by atoms with Gasteiger partial charge in [-0.2, -0.15) is 0 Å². The Morgan fingerprint density at radius 1 is 1.38 bits per heavy atom. The molecule has 0 spiro atoms. The molecule has 0 atom stereocenters. The lowest BCUT2D eigenvalue weighted by Crippen LogP contribution is -2.02. The first-order valence-electron chi connectivity index (χ1n) is 4.17. The fourth-order valence-corrected chi connectivity index (χ4v) is 2.51. The number of thiophene rings is 1. The van der Waals surface area contributed by atoms with Gasteiger partial charge < -0.3 is 5.73 Å². The smallest absolute Gasteiger partial charge is 0.0591 e. The van der Waals surface area contributed by atoms with Crippen LogP contribution in [-0.4, -0.2) is 6.54 Å². The first-order valence-corrected chi connectivity index (χ1v) is 5.42. The summed E-state index contributed by atoms with van der Waals surface area (Å²) in [5, 5.41) is 3.97. The van der Waals surface area contributed by atoms with E-state index in [1.807, 2.05) is 5.38 Å². The van der Waals surface area contributed by atoms with Crippen LogP contribution >= 0.6 is 22.9 Å². The topological polar surface area (TPSA) is 26.0 Å². The summed E-state index contributed by atoms with van der Waals surface area (Å²) in [5.41, 5.74) is 6.75. The van der Waals surface area contributed by atoms with Crippen molar-refractivity contribution < 1.29 is 0 Å². The lowest BCUT2D eigenvalue weighted by Gasteiger charge is -1.98. The Labute approximate surface area is 86.1 Å². The summed E-state index contributed by atoms with van der Waals surface area (Å²) < 4.78 is 1.24. The SMILES string of the molecule is NCCc1ccc2scc(Cl)c2c1. The van der Waals surface area contributed by atoms with Crippen LogP contribution in [0.15, 0.2) is 23.6 Å². The maximum Gasteiger partial charge on any atom is 0.0591 e. The van der Waals surface area contributed by atoms with Crippen LogP contribution in [0.3, 0.4) is 0 Å². The average molecular weight is 212 g/mol. The van der Waals surface area contributed by atoms with Gasteiger partial charge in [-0.25, -0.2) is 0 Å². The number of hydrogen-bond donors (Lipinski definition) is 1. The number of hydrogen-bond acceptors (Lipinski definition) is 2. The average Bonchev–Trinajstić information content (AvgIpc) is 2.49. The zero-order valence-electron chi connectivity index (χ0n) is 7.09. The van der Waals surface area contributed by atoms with Crippen molar-refractivity contribution in [1.82, 2.24) is 0 Å². The molecule has 13 heavy (non-hydrogen) atoms. The molecule has 0 aliphatic carbocycles. The number of fused-ring (bicyclic) bond motifs is 1. The standard InChI is InChI=1S/C10H10ClNS/c11-9-6-13-10-2-1-7(3-4-12)5-8(9)10/h1-2,5-6H,3-4,12H2. The third-order valence-electron chi connectivity index (χ3n) is 2.02. The van der Waals surface area contributed by atoms with E-state index in [1.54, 1.807) is 11.3 Å². The third-order valence-corrected chi connectivity index (χ3v) is 3.43. The Kier molecular flexibility index (Phi) is 2.54. The molecular formula is C10H10ClNS. The number of halogens is 1. The van der Waals surface area contributed by atoms with Crippen molar-refractivity contribution >= 4 is 33.0 Å². The monoisotopic (exact) mass is 211 g/mol. The van der Waals surface area contributed by atoms with Gasteiger partial charge in [0.2, 0.25) is 0 Å². The molecule has 1 aromatic carbocycles. The van der Waals surface area contributed by atoms with Crippen molar-refractivity contribution in [1.29, 1.82) is 0 Å². The molecule has 2 aromatic rings. The first-order chi connectivity index (χ1) is 6.31. The highest BCUT2D eigenvalue weighted by Crippen LogP contribution is 2.30. The van der Waals surface area contributed by atoms with Crippen LogP contribution < -0.4 is 5.73 Å². The third kappa shape index (κ3) is 1.70. The molecule has 0 amide bonds. The second-order valence-corrected chi connectivity index (χ2v) is 4.27. The molecule has 1 aromatic heterocycles. The largest absolute Gasteiger partial charge is 0.330 e. The maximum absolute atomic E-state index is 6.02. The van der Waals surface area contributed by atoms with Crippen LogP contribution in [0.25, 0.3) is 10.1 Å². The Balaban J connectivity index is 2.53. The van der Waals surface area contributed by atoms with E-state index >= 15 is 0 Å². The summed E-state index contributed by atoms with van der Waals surface area (Å²) in [6.07, 6.45) is 0.919. The molecule has 0 saturated carbocycles. The Bertz CT molecular complexity index is 422. The molecular weight excluding hydrogens is 202 g/mol. The summed E-state index contributed by atoms with van der Waals surface area (Å²) in [4.78, 5) is 0. The second kappa shape index (κ2) is 3.66. The zero-order chi connectivity index (χ0) is 9.26. The van der Waals surface area contributed by atoms with E-state index in [4.69, 9.17) is 17.3 Å². The van der Waals surface area contributed by atoms with Gasteiger partial charge in [-0.05, 0) is 30.7 Å². The lowest BCUT2D eigenvalue weighted by atomic mass is 10.1. The normalized spacial score (nSPS) is 10.9. The highest BCUT2D eigenvalue weighted by molar-refractivity contribution is 7.17. The van der Waals surface area contributed by atoms with Crippen LogP contribution in [0.1, 0.15) is 5.56 Å². The fourth-order valence-electron chi connectivity index (χ4n) is 1.37. The summed E-state index contributed by atoms with van der Waals surface area (Å²) in [6.45, 7) is 0.688. The van der Waals surface area contributed by atoms with Crippen molar-refractivity contribution in [3.63, 3.8) is 0 Å². The molecule has 2 rings (SSSR count). The molecule has 0 aliphatic rings. The van der Waals surface area contributed by atoms with Crippen molar-refractivity contribution in [2.75, 3.05) is 6.54 Å². The molecule has 0 aliphatic heterocycles. The zero-order valence-corrected chi connectivity index (χ0v) is 8.66. The molecule has 2 N–H and O–H groups in total. The van der Waals surface area contributed by atoms with E-state index in [1.165, 1.54) is 10.3 Å². The van der Waals surface area contributed by atoms with Gasteiger partial charge in [-0.3, -0.25) is 0 Å². The predicted octanol–water partition coefficient (Wildman–Crippen LogP) is 3.06. The van der Waals surface area contributed by atoms with Gasteiger partial charge in [0.15, 0.2) is 0 Å². The Morgan fingerprint density at radius 3 is 3.00 bits per heavy atom. The Morgan fingerprint density at radius 2 is 2.23 bits per heavy atom. The van der Waals surface area contributed by atoms with Gasteiger partial charge in [0.05, 0.1) is 5.02 Å². The fraction of sp³-hybridized carbons (Fsp3) is 0.200. The molecule has 0 radical (unpaired) electrons. The maximum atomic E-state index is 6.02. The number of rotatable bonds is 2. The van der Waals surface area contributed by atoms with Crippen molar-refractivity contribution in [3.8, 4) is 0 Å². The van der Waals surface area contributed by atoms with E-state index in [-0.39, 0.29) is 0 Å². The van der Waals surface area contributed by atoms with E-state index in [0.29, 0.717) is 6.54 Å². The van der Waals surface area contributed by atoms with Crippen LogP contribution in [0.4, 0.5) is 0 Å². The minimum atomic E-state index is 0.688. The molecule has 1 heterocycles. The van der Waals surface area contributed by atoms with Crippen molar-refractivity contribution in [3.05, 3.63) is 34.2 Å². The molecule has 0 bridgehead atoms. The van der Waals surface area contributed by atoms with Crippen molar-refractivity contribution in [2.24, 2.45) is 5.73 Å². The molecule has 1 nitrogen and oxygen atoms in total. The van der Waals surface area contributed by atoms with Crippen LogP contribution in [0, 0.1) is 0 Å². The molecule has 0 unspecified atom stereocenters. The summed E-state index contributed by atoms with van der Waals surface area (Å²) in [6, 6.07) is 6.35. The van der Waals surface area contributed by atoms with E-state index < -0.39 is 0 Å². The second-order valence-electron chi connectivity index (χ2n) is 2.95. The van der Waals surface area contributed by atoms with Crippen molar-refractivity contribution in [2.45, 2.75) is 6.42 Å². The highest BCUT2D eigenvalue weighted by atomic mass is 35.5. The number of nitrogens with two attached hydrogens (primary N) is 1. The van der Waals surface area contributed by atoms with Gasteiger partial charge in [0.1, 0.15) is 0 Å². The summed E-state index contributed by atoms with van der Waals surface area (Å²) >= 11 is 7.70. The van der Waals surface area contributed by atoms with Crippen LogP contribution in [0.5, 0.6) is 0 Å². The van der Waals surface area contributed by atoms with Gasteiger partial charge in [-0.1, -0.05) is 17.7 Å². The molecule has 3 heteroatoms. The predicted molar refractivity (Wildman–Crippen MR) is 59.6 cm³/mol. The lowest BCUT2D eigenvalue weighted by molar-refractivity contribution is 0.971. The van der Waals surface area contributed by atoms with E-state index in [0.717, 1.165) is 16.8 Å². The van der Waals surface area contributed by atoms with Gasteiger partial charge >= 0.3 is 0 Å². The van der Waals surface area contributed by atoms with Gasteiger partial charge in [-0.15, -0.1) is 11.3 Å². The highest BCUT2D eigenvalue weighted by Gasteiger charge is 2.01. The van der Waals surface area contributed by atoms with Gasteiger partial charge in [0.25, 0.3) is 0 Å². The molecule has 0 saturated heterocycles. The van der Waals surface area contributed by atoms with E-state index in [2.05, 4.69) is 18.2 Å². The number of benzene rings is 1. The summed E-state index contributed by atoms with van der Waals surface area (Å²) in [7, 11) is 0. The first kappa shape index (κ1) is 9.00. The Hall–Kier alpha value is -0.570. The van der Waals surface area contributed by atoms with Crippen LogP contribution in [0.2, 0.25) is 5.02 Å². The van der Waals surface area contributed by atoms with Gasteiger partial charge in [0, 0.05) is 15.5 Å².